The number of sulfonamides is 1. The summed E-state index contributed by atoms with van der Waals surface area (Å²) in [7, 11) is -1.92. The molecule has 5 nitrogen and oxygen atoms in total. The van der Waals surface area contributed by atoms with Gasteiger partial charge in [0.1, 0.15) is 0 Å². The Morgan fingerprint density at radius 2 is 2.00 bits per heavy atom. The highest BCUT2D eigenvalue weighted by Gasteiger charge is 2.14. The lowest BCUT2D eigenvalue weighted by atomic mass is 10.2. The van der Waals surface area contributed by atoms with Crippen LogP contribution in [0.2, 0.25) is 0 Å². The van der Waals surface area contributed by atoms with E-state index in [0.29, 0.717) is 19.6 Å². The molecular formula is C15H21NO4S. The summed E-state index contributed by atoms with van der Waals surface area (Å²) in [5, 5.41) is 8.64. The molecule has 21 heavy (non-hydrogen) atoms. The van der Waals surface area contributed by atoms with E-state index in [9.17, 15) is 8.42 Å². The number of ether oxygens (including phenoxy) is 1. The van der Waals surface area contributed by atoms with Gasteiger partial charge >= 0.3 is 0 Å². The van der Waals surface area contributed by atoms with Crippen LogP contribution in [0.3, 0.4) is 0 Å². The predicted octanol–water partition coefficient (Wildman–Crippen LogP) is 0.981. The van der Waals surface area contributed by atoms with Gasteiger partial charge in [-0.05, 0) is 30.2 Å². The van der Waals surface area contributed by atoms with E-state index in [0.717, 1.165) is 5.56 Å². The molecule has 1 unspecified atom stereocenters. The molecule has 0 aliphatic heterocycles. The maximum absolute atomic E-state index is 12.1. The van der Waals surface area contributed by atoms with Crippen LogP contribution in [-0.4, -0.2) is 40.4 Å². The monoisotopic (exact) mass is 311 g/mol. The molecule has 1 aromatic carbocycles. The van der Waals surface area contributed by atoms with Crippen LogP contribution in [-0.2, 0) is 14.8 Å². The SMILES string of the molecule is COCC(C)CNS(=O)(=O)c1ccc(C#CCCO)cc1. The van der Waals surface area contributed by atoms with Gasteiger partial charge < -0.3 is 9.84 Å². The van der Waals surface area contributed by atoms with Gasteiger partial charge in [0.2, 0.25) is 10.0 Å². The zero-order valence-corrected chi connectivity index (χ0v) is 13.1. The second-order valence-electron chi connectivity index (χ2n) is 4.71. The number of rotatable bonds is 7. The Hall–Kier alpha value is -1.39. The fourth-order valence-electron chi connectivity index (χ4n) is 1.62. The van der Waals surface area contributed by atoms with E-state index in [2.05, 4.69) is 16.6 Å². The molecule has 0 saturated heterocycles. The van der Waals surface area contributed by atoms with E-state index in [-0.39, 0.29) is 17.4 Å². The smallest absolute Gasteiger partial charge is 0.240 e. The van der Waals surface area contributed by atoms with Gasteiger partial charge in [-0.1, -0.05) is 18.8 Å². The first-order chi connectivity index (χ1) is 9.99. The Balaban J connectivity index is 2.70. The third kappa shape index (κ3) is 6.27. The molecule has 1 aromatic rings. The molecule has 2 N–H and O–H groups in total. The third-order valence-corrected chi connectivity index (χ3v) is 4.15. The predicted molar refractivity (Wildman–Crippen MR) is 81.3 cm³/mol. The van der Waals surface area contributed by atoms with Crippen molar-refractivity contribution in [3.63, 3.8) is 0 Å². The van der Waals surface area contributed by atoms with Crippen LogP contribution < -0.4 is 4.72 Å². The van der Waals surface area contributed by atoms with Crippen molar-refractivity contribution in [2.24, 2.45) is 5.92 Å². The van der Waals surface area contributed by atoms with Crippen LogP contribution >= 0.6 is 0 Å². The third-order valence-electron chi connectivity index (χ3n) is 2.71. The molecule has 0 spiro atoms. The highest BCUT2D eigenvalue weighted by Crippen LogP contribution is 2.10. The zero-order chi connectivity index (χ0) is 15.7. The van der Waals surface area contributed by atoms with E-state index >= 15 is 0 Å². The molecule has 0 aliphatic carbocycles. The van der Waals surface area contributed by atoms with Crippen molar-refractivity contribution in [1.82, 2.24) is 4.72 Å². The Labute approximate surface area is 126 Å². The minimum absolute atomic E-state index is 0.0169. The highest BCUT2D eigenvalue weighted by molar-refractivity contribution is 7.89. The normalized spacial score (nSPS) is 12.5. The first kappa shape index (κ1) is 17.7. The highest BCUT2D eigenvalue weighted by atomic mass is 32.2. The molecule has 0 saturated carbocycles. The van der Waals surface area contributed by atoms with Gasteiger partial charge in [0.25, 0.3) is 0 Å². The average Bonchev–Trinajstić information content (AvgIpc) is 2.46. The maximum atomic E-state index is 12.1. The first-order valence-corrected chi connectivity index (χ1v) is 8.16. The molecule has 0 radical (unpaired) electrons. The standard InChI is InChI=1S/C15H21NO4S/c1-13(12-20-2)11-16-21(18,19)15-8-6-14(7-9-15)5-3-4-10-17/h6-9,13,16-17H,4,10-12H2,1-2H3. The van der Waals surface area contributed by atoms with Gasteiger partial charge in [-0.2, -0.15) is 0 Å². The number of nitrogens with one attached hydrogen (secondary N) is 1. The summed E-state index contributed by atoms with van der Waals surface area (Å²) in [6, 6.07) is 6.34. The van der Waals surface area contributed by atoms with Crippen molar-refractivity contribution < 1.29 is 18.3 Å². The molecule has 0 aromatic heterocycles. The van der Waals surface area contributed by atoms with Gasteiger partial charge in [-0.15, -0.1) is 0 Å². The Kier molecular flexibility index (Phi) is 7.40. The summed E-state index contributed by atoms with van der Waals surface area (Å²) >= 11 is 0. The van der Waals surface area contributed by atoms with Crippen LogP contribution in [0.5, 0.6) is 0 Å². The second kappa shape index (κ2) is 8.80. The van der Waals surface area contributed by atoms with Crippen LogP contribution in [0.1, 0.15) is 18.9 Å². The molecule has 6 heteroatoms. The molecule has 116 valence electrons. The minimum atomic E-state index is -3.51. The topological polar surface area (TPSA) is 75.6 Å². The fraction of sp³-hybridized carbons (Fsp3) is 0.467. The lowest BCUT2D eigenvalue weighted by molar-refractivity contribution is 0.161. The molecule has 1 rings (SSSR count). The largest absolute Gasteiger partial charge is 0.395 e. The van der Waals surface area contributed by atoms with Crippen molar-refractivity contribution in [1.29, 1.82) is 0 Å². The number of methoxy groups -OCH3 is 1. The van der Waals surface area contributed by atoms with Crippen molar-refractivity contribution in [3.8, 4) is 11.8 Å². The quantitative estimate of drug-likeness (QED) is 0.736. The summed E-state index contributed by atoms with van der Waals surface area (Å²) < 4.78 is 31.7. The Morgan fingerprint density at radius 3 is 2.57 bits per heavy atom. The lowest BCUT2D eigenvalue weighted by Gasteiger charge is -2.12. The number of aliphatic hydroxyl groups excluding tert-OH is 1. The van der Waals surface area contributed by atoms with Gasteiger partial charge in [0, 0.05) is 32.2 Å². The van der Waals surface area contributed by atoms with Gasteiger partial charge in [0.15, 0.2) is 0 Å². The van der Waals surface area contributed by atoms with Crippen LogP contribution in [0.25, 0.3) is 0 Å². The van der Waals surface area contributed by atoms with Crippen molar-refractivity contribution >= 4 is 10.0 Å². The Morgan fingerprint density at radius 1 is 1.33 bits per heavy atom. The summed E-state index contributed by atoms with van der Waals surface area (Å²) in [6.45, 7) is 2.76. The minimum Gasteiger partial charge on any atom is -0.395 e. The van der Waals surface area contributed by atoms with Crippen LogP contribution in [0.15, 0.2) is 29.2 Å². The fourth-order valence-corrected chi connectivity index (χ4v) is 2.78. The molecule has 0 bridgehead atoms. The summed E-state index contributed by atoms with van der Waals surface area (Å²) in [6.07, 6.45) is 0.402. The number of benzene rings is 1. The van der Waals surface area contributed by atoms with Crippen molar-refractivity contribution in [2.45, 2.75) is 18.2 Å². The number of hydrogen-bond donors (Lipinski definition) is 2. The van der Waals surface area contributed by atoms with Crippen LogP contribution in [0, 0.1) is 17.8 Å². The Bertz CT molecular complexity index is 584. The molecule has 0 heterocycles. The molecule has 0 fully saturated rings. The number of hydrogen-bond acceptors (Lipinski definition) is 4. The van der Waals surface area contributed by atoms with Crippen LogP contribution in [0.4, 0.5) is 0 Å². The van der Waals surface area contributed by atoms with Gasteiger partial charge in [-0.3, -0.25) is 0 Å². The van der Waals surface area contributed by atoms with Gasteiger partial charge in [-0.25, -0.2) is 13.1 Å². The van der Waals surface area contributed by atoms with Gasteiger partial charge in [0.05, 0.1) is 11.5 Å². The maximum Gasteiger partial charge on any atom is 0.240 e. The van der Waals surface area contributed by atoms with E-state index in [1.807, 2.05) is 6.92 Å². The van der Waals surface area contributed by atoms with E-state index in [1.54, 1.807) is 19.2 Å². The average molecular weight is 311 g/mol. The zero-order valence-electron chi connectivity index (χ0n) is 12.3. The molecule has 0 amide bonds. The van der Waals surface area contributed by atoms with E-state index in [1.165, 1.54) is 12.1 Å². The van der Waals surface area contributed by atoms with E-state index < -0.39 is 10.0 Å². The lowest BCUT2D eigenvalue weighted by Crippen LogP contribution is -2.30. The summed E-state index contributed by atoms with van der Waals surface area (Å²) in [5.74, 6) is 5.74. The second-order valence-corrected chi connectivity index (χ2v) is 6.48. The molecule has 0 aliphatic rings. The first-order valence-electron chi connectivity index (χ1n) is 6.68. The summed E-state index contributed by atoms with van der Waals surface area (Å²) in [5.41, 5.74) is 0.718. The molecule has 1 atom stereocenters. The number of aliphatic hydroxyl groups is 1. The van der Waals surface area contributed by atoms with Crippen molar-refractivity contribution in [2.75, 3.05) is 26.9 Å². The van der Waals surface area contributed by atoms with E-state index in [4.69, 9.17) is 9.84 Å². The van der Waals surface area contributed by atoms with Crippen molar-refractivity contribution in [3.05, 3.63) is 29.8 Å². The summed E-state index contributed by atoms with van der Waals surface area (Å²) in [4.78, 5) is 0.208. The molecular weight excluding hydrogens is 290 g/mol.